The SMILES string of the molecule is Cc1cnn(CCNCC(=O)Nc2sc3c(c2C#N)CCCC3)c1. The van der Waals surface area contributed by atoms with Crippen LogP contribution in [0.1, 0.15) is 34.4 Å². The first-order chi connectivity index (χ1) is 11.7. The van der Waals surface area contributed by atoms with Crippen molar-refractivity contribution in [3.63, 3.8) is 0 Å². The highest BCUT2D eigenvalue weighted by Gasteiger charge is 2.21. The molecule has 0 aromatic carbocycles. The Morgan fingerprint density at radius 1 is 1.46 bits per heavy atom. The molecule has 0 saturated heterocycles. The van der Waals surface area contributed by atoms with Crippen LogP contribution in [0.15, 0.2) is 12.4 Å². The van der Waals surface area contributed by atoms with E-state index >= 15 is 0 Å². The molecule has 2 N–H and O–H groups in total. The fourth-order valence-corrected chi connectivity index (χ4v) is 4.18. The fraction of sp³-hybridized carbons (Fsp3) is 0.471. The lowest BCUT2D eigenvalue weighted by atomic mass is 9.96. The van der Waals surface area contributed by atoms with Crippen LogP contribution in [0.4, 0.5) is 5.00 Å². The molecule has 0 bridgehead atoms. The Morgan fingerprint density at radius 2 is 2.29 bits per heavy atom. The van der Waals surface area contributed by atoms with Crippen LogP contribution < -0.4 is 10.6 Å². The maximum Gasteiger partial charge on any atom is 0.238 e. The second-order valence-corrected chi connectivity index (χ2v) is 7.14. The first-order valence-electron chi connectivity index (χ1n) is 8.21. The number of nitriles is 1. The van der Waals surface area contributed by atoms with E-state index in [1.165, 1.54) is 11.3 Å². The lowest BCUT2D eigenvalue weighted by Crippen LogP contribution is -2.30. The zero-order valence-electron chi connectivity index (χ0n) is 13.8. The third kappa shape index (κ3) is 3.83. The van der Waals surface area contributed by atoms with Gasteiger partial charge in [-0.3, -0.25) is 9.48 Å². The van der Waals surface area contributed by atoms with E-state index in [1.807, 2.05) is 24.0 Å². The molecule has 0 atom stereocenters. The van der Waals surface area contributed by atoms with Crippen molar-refractivity contribution < 1.29 is 4.79 Å². The maximum absolute atomic E-state index is 12.1. The number of carbonyl (C=O) groups is 1. The van der Waals surface area contributed by atoms with Gasteiger partial charge in [-0.15, -0.1) is 11.3 Å². The van der Waals surface area contributed by atoms with E-state index in [0.29, 0.717) is 17.1 Å². The molecule has 2 aromatic heterocycles. The molecule has 0 aliphatic heterocycles. The Morgan fingerprint density at radius 3 is 3.04 bits per heavy atom. The minimum atomic E-state index is -0.109. The number of aromatic nitrogens is 2. The quantitative estimate of drug-likeness (QED) is 0.788. The molecule has 126 valence electrons. The van der Waals surface area contributed by atoms with Crippen LogP contribution in [0.2, 0.25) is 0 Å². The Kier molecular flexibility index (Phi) is 5.28. The molecule has 2 aromatic rings. The predicted octanol–water partition coefficient (Wildman–Crippen LogP) is 2.23. The molecule has 1 aliphatic rings. The summed E-state index contributed by atoms with van der Waals surface area (Å²) in [5.41, 5.74) is 2.93. The van der Waals surface area contributed by atoms with Gasteiger partial charge in [-0.2, -0.15) is 10.4 Å². The van der Waals surface area contributed by atoms with Crippen LogP contribution in [0.25, 0.3) is 0 Å². The molecule has 6 nitrogen and oxygen atoms in total. The number of fused-ring (bicyclic) bond motifs is 1. The number of rotatable bonds is 6. The molecule has 0 radical (unpaired) electrons. The topological polar surface area (TPSA) is 82.7 Å². The van der Waals surface area contributed by atoms with Crippen LogP contribution in [0, 0.1) is 18.3 Å². The highest BCUT2D eigenvalue weighted by atomic mass is 32.1. The van der Waals surface area contributed by atoms with Gasteiger partial charge in [-0.25, -0.2) is 0 Å². The number of amides is 1. The summed E-state index contributed by atoms with van der Waals surface area (Å²) in [6.07, 6.45) is 8.05. The largest absolute Gasteiger partial charge is 0.315 e. The monoisotopic (exact) mass is 343 g/mol. The highest BCUT2D eigenvalue weighted by Crippen LogP contribution is 2.37. The third-order valence-corrected chi connectivity index (χ3v) is 5.31. The summed E-state index contributed by atoms with van der Waals surface area (Å²) in [6.45, 7) is 3.61. The number of nitrogens with one attached hydrogen (secondary N) is 2. The first kappa shape index (κ1) is 16.7. The van der Waals surface area contributed by atoms with Gasteiger partial charge in [0.25, 0.3) is 0 Å². The predicted molar refractivity (Wildman–Crippen MR) is 94.1 cm³/mol. The molecule has 0 fully saturated rings. The fourth-order valence-electron chi connectivity index (χ4n) is 2.93. The molecule has 1 aliphatic carbocycles. The van der Waals surface area contributed by atoms with Crippen molar-refractivity contribution in [1.82, 2.24) is 15.1 Å². The van der Waals surface area contributed by atoms with Crippen molar-refractivity contribution in [1.29, 1.82) is 5.26 Å². The summed E-state index contributed by atoms with van der Waals surface area (Å²) >= 11 is 1.56. The first-order valence-corrected chi connectivity index (χ1v) is 9.03. The number of aryl methyl sites for hydroxylation is 2. The number of anilines is 1. The highest BCUT2D eigenvalue weighted by molar-refractivity contribution is 7.16. The van der Waals surface area contributed by atoms with Crippen molar-refractivity contribution in [3.05, 3.63) is 34.0 Å². The number of nitrogens with zero attached hydrogens (tertiary/aromatic N) is 3. The van der Waals surface area contributed by atoms with Crippen LogP contribution in [0.5, 0.6) is 0 Å². The second-order valence-electron chi connectivity index (χ2n) is 6.03. The van der Waals surface area contributed by atoms with Crippen molar-refractivity contribution >= 4 is 22.2 Å². The Balaban J connectivity index is 1.50. The Bertz CT molecular complexity index is 771. The molecule has 3 rings (SSSR count). The number of hydrogen-bond donors (Lipinski definition) is 2. The van der Waals surface area contributed by atoms with E-state index in [-0.39, 0.29) is 12.5 Å². The Hall–Kier alpha value is -2.17. The van der Waals surface area contributed by atoms with E-state index in [1.54, 1.807) is 11.3 Å². The Labute approximate surface area is 145 Å². The van der Waals surface area contributed by atoms with E-state index in [9.17, 15) is 10.1 Å². The zero-order chi connectivity index (χ0) is 16.9. The molecular formula is C17H21N5OS. The van der Waals surface area contributed by atoms with E-state index < -0.39 is 0 Å². The van der Waals surface area contributed by atoms with E-state index in [2.05, 4.69) is 21.8 Å². The van der Waals surface area contributed by atoms with E-state index in [0.717, 1.165) is 36.9 Å². The van der Waals surface area contributed by atoms with Crippen molar-refractivity contribution in [3.8, 4) is 6.07 Å². The average Bonchev–Trinajstić information content (AvgIpc) is 3.14. The van der Waals surface area contributed by atoms with Crippen LogP contribution >= 0.6 is 11.3 Å². The van der Waals surface area contributed by atoms with Gasteiger partial charge in [-0.05, 0) is 43.7 Å². The third-order valence-electron chi connectivity index (χ3n) is 4.10. The smallest absolute Gasteiger partial charge is 0.238 e. The molecule has 0 saturated carbocycles. The van der Waals surface area contributed by atoms with Crippen LogP contribution in [-0.4, -0.2) is 28.8 Å². The summed E-state index contributed by atoms with van der Waals surface area (Å²) in [4.78, 5) is 13.4. The molecular weight excluding hydrogens is 322 g/mol. The van der Waals surface area contributed by atoms with E-state index in [4.69, 9.17) is 0 Å². The normalized spacial score (nSPS) is 13.3. The average molecular weight is 343 g/mol. The van der Waals surface area contributed by atoms with Gasteiger partial charge < -0.3 is 10.6 Å². The molecule has 2 heterocycles. The number of hydrogen-bond acceptors (Lipinski definition) is 5. The van der Waals surface area contributed by atoms with Gasteiger partial charge in [0, 0.05) is 17.6 Å². The van der Waals surface area contributed by atoms with Gasteiger partial charge in [-0.1, -0.05) is 0 Å². The number of carbonyl (C=O) groups excluding carboxylic acids is 1. The minimum Gasteiger partial charge on any atom is -0.315 e. The lowest BCUT2D eigenvalue weighted by molar-refractivity contribution is -0.115. The zero-order valence-corrected chi connectivity index (χ0v) is 14.6. The van der Waals surface area contributed by atoms with Crippen LogP contribution in [-0.2, 0) is 24.2 Å². The molecule has 1 amide bonds. The summed E-state index contributed by atoms with van der Waals surface area (Å²) in [5.74, 6) is -0.109. The van der Waals surface area contributed by atoms with Gasteiger partial charge in [0.05, 0.1) is 24.8 Å². The molecule has 24 heavy (non-hydrogen) atoms. The van der Waals surface area contributed by atoms with Gasteiger partial charge in [0.1, 0.15) is 11.1 Å². The van der Waals surface area contributed by atoms with Crippen molar-refractivity contribution in [2.45, 2.75) is 39.2 Å². The summed E-state index contributed by atoms with van der Waals surface area (Å²) < 4.78 is 1.85. The lowest BCUT2D eigenvalue weighted by Gasteiger charge is -2.09. The van der Waals surface area contributed by atoms with Crippen LogP contribution in [0.3, 0.4) is 0 Å². The van der Waals surface area contributed by atoms with Gasteiger partial charge in [0.15, 0.2) is 0 Å². The number of thiophene rings is 1. The minimum absolute atomic E-state index is 0.109. The van der Waals surface area contributed by atoms with Crippen molar-refractivity contribution in [2.24, 2.45) is 0 Å². The summed E-state index contributed by atoms with van der Waals surface area (Å²) in [5, 5.41) is 20.3. The summed E-state index contributed by atoms with van der Waals surface area (Å²) in [7, 11) is 0. The molecule has 7 heteroatoms. The molecule has 0 spiro atoms. The van der Waals surface area contributed by atoms with Gasteiger partial charge >= 0.3 is 0 Å². The maximum atomic E-state index is 12.1. The van der Waals surface area contributed by atoms with Crippen molar-refractivity contribution in [2.75, 3.05) is 18.4 Å². The second kappa shape index (κ2) is 7.60. The summed E-state index contributed by atoms with van der Waals surface area (Å²) in [6, 6.07) is 2.26. The van der Waals surface area contributed by atoms with Gasteiger partial charge in [0.2, 0.25) is 5.91 Å². The molecule has 0 unspecified atom stereocenters. The standard InChI is InChI=1S/C17H21N5OS/c1-12-9-20-22(11-12)7-6-19-10-16(23)21-17-14(8-18)13-4-2-3-5-15(13)24-17/h9,11,19H,2-7,10H2,1H3,(H,21,23).